The first-order chi connectivity index (χ1) is 23.2. The van der Waals surface area contributed by atoms with Crippen molar-refractivity contribution in [3.63, 3.8) is 0 Å². The largest absolute Gasteiger partial charge is 0.379 e. The number of carbonyl (C=O) groups is 1. The third kappa shape index (κ3) is 25.3. The van der Waals surface area contributed by atoms with Crippen LogP contribution in [0.25, 0.3) is 0 Å². The quantitative estimate of drug-likeness (QED) is 0.0739. The van der Waals surface area contributed by atoms with Crippen LogP contribution < -0.4 is 5.32 Å². The van der Waals surface area contributed by atoms with Gasteiger partial charge in [-0.05, 0) is 49.3 Å². The zero-order valence-corrected chi connectivity index (χ0v) is 31.9. The van der Waals surface area contributed by atoms with E-state index in [-0.39, 0.29) is 12.0 Å². The molecule has 4 heteroatoms. The number of nitrogens with one attached hydrogen (secondary N) is 1. The molecule has 0 aromatic heterocycles. The molecule has 1 rings (SSSR count). The van der Waals surface area contributed by atoms with Gasteiger partial charge in [-0.3, -0.25) is 4.79 Å². The number of hydrogen-bond acceptors (Lipinski definition) is 3. The summed E-state index contributed by atoms with van der Waals surface area (Å²) in [7, 11) is 0. The Morgan fingerprint density at radius 2 is 1.04 bits per heavy atom. The van der Waals surface area contributed by atoms with Crippen LogP contribution in [0, 0.1) is 0 Å². The number of rotatable bonds is 35. The summed E-state index contributed by atoms with van der Waals surface area (Å²) >= 11 is 0. The molecule has 0 radical (unpaired) electrons. The smallest absolute Gasteiger partial charge is 0.251 e. The van der Waals surface area contributed by atoms with E-state index in [1.807, 2.05) is 12.1 Å². The zero-order chi connectivity index (χ0) is 34.0. The van der Waals surface area contributed by atoms with Gasteiger partial charge in [0.15, 0.2) is 0 Å². The van der Waals surface area contributed by atoms with Gasteiger partial charge in [-0.2, -0.15) is 0 Å². The van der Waals surface area contributed by atoms with Gasteiger partial charge in [0.05, 0.1) is 12.7 Å². The van der Waals surface area contributed by atoms with Crippen LogP contribution >= 0.6 is 0 Å². The van der Waals surface area contributed by atoms with Crippen LogP contribution in [-0.4, -0.2) is 38.4 Å². The Morgan fingerprint density at radius 1 is 0.596 bits per heavy atom. The number of ether oxygens (including phenoxy) is 2. The van der Waals surface area contributed by atoms with Gasteiger partial charge in [0, 0.05) is 25.3 Å². The van der Waals surface area contributed by atoms with Crippen molar-refractivity contribution in [1.82, 2.24) is 5.32 Å². The fraction of sp³-hybridized carbons (Fsp3) is 0.837. The van der Waals surface area contributed by atoms with Gasteiger partial charge in [0.2, 0.25) is 0 Å². The van der Waals surface area contributed by atoms with E-state index in [1.54, 1.807) is 0 Å². The van der Waals surface area contributed by atoms with Crippen molar-refractivity contribution in [3.8, 4) is 0 Å². The average Bonchev–Trinajstić information content (AvgIpc) is 3.09. The standard InChI is InChI=1S/C43H79NO3/c1-5-9-11-13-15-17-19-21-23-25-27-29-34-46-38-42(47-35-30-28-26-24-22-20-18-16-14-12-10-6-2)37-44-43(45)41-33-31-32-40(36-41)39(7-3)8-4/h31-33,36,39,42H,5-30,34-35,37-38H2,1-4H3,(H,44,45). The maximum absolute atomic E-state index is 13.1. The van der Waals surface area contributed by atoms with Gasteiger partial charge in [0.1, 0.15) is 0 Å². The highest BCUT2D eigenvalue weighted by Crippen LogP contribution is 2.23. The van der Waals surface area contributed by atoms with Crippen molar-refractivity contribution in [2.24, 2.45) is 0 Å². The lowest BCUT2D eigenvalue weighted by atomic mass is 9.93. The van der Waals surface area contributed by atoms with Crippen molar-refractivity contribution in [2.75, 3.05) is 26.4 Å². The Kier molecular flexibility index (Phi) is 30.7. The van der Waals surface area contributed by atoms with Gasteiger partial charge in [-0.15, -0.1) is 0 Å². The number of hydrogen-bond donors (Lipinski definition) is 1. The maximum Gasteiger partial charge on any atom is 0.251 e. The molecule has 0 aliphatic carbocycles. The molecule has 0 spiro atoms. The summed E-state index contributed by atoms with van der Waals surface area (Å²) in [5.74, 6) is 0.487. The lowest BCUT2D eigenvalue weighted by molar-refractivity contribution is -0.0170. The minimum atomic E-state index is -0.105. The summed E-state index contributed by atoms with van der Waals surface area (Å²) < 4.78 is 12.4. The maximum atomic E-state index is 13.1. The minimum absolute atomic E-state index is 0.0160. The van der Waals surface area contributed by atoms with Gasteiger partial charge < -0.3 is 14.8 Å². The number of benzene rings is 1. The molecular formula is C43H79NO3. The van der Waals surface area contributed by atoms with E-state index < -0.39 is 0 Å². The molecule has 1 unspecified atom stereocenters. The molecule has 0 bridgehead atoms. The molecule has 4 nitrogen and oxygen atoms in total. The van der Waals surface area contributed by atoms with E-state index in [2.05, 4.69) is 45.1 Å². The van der Waals surface area contributed by atoms with E-state index in [0.717, 1.165) is 44.5 Å². The third-order valence-electron chi connectivity index (χ3n) is 9.89. The van der Waals surface area contributed by atoms with E-state index in [1.165, 1.54) is 147 Å². The topological polar surface area (TPSA) is 47.6 Å². The second kappa shape index (κ2) is 33.1. The fourth-order valence-corrected chi connectivity index (χ4v) is 6.62. The van der Waals surface area contributed by atoms with E-state index in [0.29, 0.717) is 19.1 Å². The van der Waals surface area contributed by atoms with Crippen molar-refractivity contribution >= 4 is 5.91 Å². The first kappa shape index (κ1) is 43.6. The summed E-state index contributed by atoms with van der Waals surface area (Å²) in [5.41, 5.74) is 2.00. The summed E-state index contributed by atoms with van der Waals surface area (Å²) in [4.78, 5) is 13.1. The van der Waals surface area contributed by atoms with Crippen LogP contribution in [0.2, 0.25) is 0 Å². The Labute approximate surface area is 293 Å². The lowest BCUT2D eigenvalue weighted by Gasteiger charge is -2.19. The third-order valence-corrected chi connectivity index (χ3v) is 9.89. The number of carbonyl (C=O) groups excluding carboxylic acids is 1. The Balaban J connectivity index is 2.32. The Bertz CT molecular complexity index is 808. The normalized spacial score (nSPS) is 12.2. The molecule has 1 atom stereocenters. The van der Waals surface area contributed by atoms with E-state index in [9.17, 15) is 4.79 Å². The molecule has 274 valence electrons. The van der Waals surface area contributed by atoms with E-state index >= 15 is 0 Å². The molecule has 0 saturated heterocycles. The predicted molar refractivity (Wildman–Crippen MR) is 205 cm³/mol. The highest BCUT2D eigenvalue weighted by molar-refractivity contribution is 5.94. The molecule has 0 aliphatic heterocycles. The second-order valence-corrected chi connectivity index (χ2v) is 14.2. The highest BCUT2D eigenvalue weighted by atomic mass is 16.5. The van der Waals surface area contributed by atoms with Gasteiger partial charge in [-0.25, -0.2) is 0 Å². The van der Waals surface area contributed by atoms with Gasteiger partial charge in [-0.1, -0.05) is 181 Å². The van der Waals surface area contributed by atoms with Crippen LogP contribution in [0.4, 0.5) is 0 Å². The fourth-order valence-electron chi connectivity index (χ4n) is 6.62. The molecule has 0 saturated carbocycles. The lowest BCUT2D eigenvalue weighted by Crippen LogP contribution is -2.36. The van der Waals surface area contributed by atoms with Crippen LogP contribution in [0.5, 0.6) is 0 Å². The van der Waals surface area contributed by atoms with Crippen molar-refractivity contribution < 1.29 is 14.3 Å². The Morgan fingerprint density at radius 3 is 1.51 bits per heavy atom. The molecule has 0 fully saturated rings. The molecular weight excluding hydrogens is 578 g/mol. The van der Waals surface area contributed by atoms with Crippen molar-refractivity contribution in [2.45, 2.75) is 207 Å². The van der Waals surface area contributed by atoms with Gasteiger partial charge >= 0.3 is 0 Å². The van der Waals surface area contributed by atoms with Crippen molar-refractivity contribution in [3.05, 3.63) is 35.4 Å². The minimum Gasteiger partial charge on any atom is -0.379 e. The zero-order valence-electron chi connectivity index (χ0n) is 31.9. The van der Waals surface area contributed by atoms with Crippen molar-refractivity contribution in [1.29, 1.82) is 0 Å². The molecule has 1 N–H and O–H groups in total. The van der Waals surface area contributed by atoms with Crippen LogP contribution in [0.3, 0.4) is 0 Å². The van der Waals surface area contributed by atoms with E-state index in [4.69, 9.17) is 9.47 Å². The SMILES string of the molecule is CCCCCCCCCCCCCCOCC(CNC(=O)c1cccc(C(CC)CC)c1)OCCCCCCCCCCCCCC. The first-order valence-electron chi connectivity index (χ1n) is 20.7. The second-order valence-electron chi connectivity index (χ2n) is 14.2. The molecule has 1 aromatic carbocycles. The summed E-state index contributed by atoms with van der Waals surface area (Å²) in [6, 6.07) is 8.16. The highest BCUT2D eigenvalue weighted by Gasteiger charge is 2.15. The van der Waals surface area contributed by atoms with Gasteiger partial charge in [0.25, 0.3) is 5.91 Å². The first-order valence-corrected chi connectivity index (χ1v) is 20.7. The summed E-state index contributed by atoms with van der Waals surface area (Å²) in [6.07, 6.45) is 34.3. The molecule has 1 aromatic rings. The molecule has 0 heterocycles. The Hall–Kier alpha value is -1.39. The number of amides is 1. The average molecular weight is 658 g/mol. The summed E-state index contributed by atoms with van der Waals surface area (Å²) in [6.45, 7) is 11.6. The predicted octanol–water partition coefficient (Wildman–Crippen LogP) is 13.1. The number of unbranched alkanes of at least 4 members (excludes halogenated alkanes) is 22. The monoisotopic (exact) mass is 658 g/mol. The van der Waals surface area contributed by atoms with Crippen LogP contribution in [0.1, 0.15) is 216 Å². The molecule has 47 heavy (non-hydrogen) atoms. The van der Waals surface area contributed by atoms with Crippen LogP contribution in [0.15, 0.2) is 24.3 Å². The van der Waals surface area contributed by atoms with Crippen LogP contribution in [-0.2, 0) is 9.47 Å². The molecule has 1 amide bonds. The summed E-state index contributed by atoms with van der Waals surface area (Å²) in [5, 5.41) is 3.15. The molecule has 0 aliphatic rings.